The number of amides is 2. The highest BCUT2D eigenvalue weighted by molar-refractivity contribution is 6.19. The van der Waals surface area contributed by atoms with Crippen LogP contribution in [-0.2, 0) is 14.4 Å². The number of carboxylic acid groups (broad SMARTS) is 1. The van der Waals surface area contributed by atoms with E-state index in [4.69, 9.17) is 5.11 Å². The molecule has 1 aliphatic rings. The van der Waals surface area contributed by atoms with Crippen LogP contribution in [0.3, 0.4) is 0 Å². The molecule has 0 aromatic rings. The van der Waals surface area contributed by atoms with Gasteiger partial charge >= 0.3 is 5.97 Å². The molecule has 1 N–H and O–H groups in total. The Morgan fingerprint density at radius 3 is 2.00 bits per heavy atom. The molecule has 0 fully saturated rings. The predicted octanol–water partition coefficient (Wildman–Crippen LogP) is 0.555. The standard InChI is InChI=1S/C10H13NO4/c1-5(4-8(12)13)11-9(14)6(2)7(3)10(11)15/h5H,4H2,1-3H3,(H,12,13). The molecular formula is C10H13NO4. The second-order valence-corrected chi connectivity index (χ2v) is 3.68. The van der Waals surface area contributed by atoms with E-state index >= 15 is 0 Å². The number of nitrogens with zero attached hydrogens (tertiary/aromatic N) is 1. The summed E-state index contributed by atoms with van der Waals surface area (Å²) >= 11 is 0. The molecule has 0 aromatic heterocycles. The first kappa shape index (κ1) is 11.4. The van der Waals surface area contributed by atoms with Crippen molar-refractivity contribution < 1.29 is 19.5 Å². The Balaban J connectivity index is 2.88. The summed E-state index contributed by atoms with van der Waals surface area (Å²) in [5.41, 5.74) is 0.800. The Labute approximate surface area is 87.4 Å². The molecule has 0 spiro atoms. The molecule has 0 aromatic carbocycles. The molecule has 1 aliphatic heterocycles. The molecule has 0 bridgehead atoms. The van der Waals surface area contributed by atoms with Crippen molar-refractivity contribution >= 4 is 17.8 Å². The molecular weight excluding hydrogens is 198 g/mol. The van der Waals surface area contributed by atoms with E-state index in [1.807, 2.05) is 0 Å². The summed E-state index contributed by atoms with van der Waals surface area (Å²) in [4.78, 5) is 34.7. The van der Waals surface area contributed by atoms with Crippen LogP contribution in [0.15, 0.2) is 11.1 Å². The van der Waals surface area contributed by atoms with E-state index in [0.717, 1.165) is 4.90 Å². The number of carbonyl (C=O) groups is 3. The smallest absolute Gasteiger partial charge is 0.305 e. The lowest BCUT2D eigenvalue weighted by molar-refractivity contribution is -0.143. The molecule has 0 radical (unpaired) electrons. The van der Waals surface area contributed by atoms with Crippen LogP contribution in [0, 0.1) is 0 Å². The van der Waals surface area contributed by atoms with Crippen molar-refractivity contribution in [3.8, 4) is 0 Å². The minimum atomic E-state index is -1.02. The topological polar surface area (TPSA) is 74.7 Å². The second-order valence-electron chi connectivity index (χ2n) is 3.68. The van der Waals surface area contributed by atoms with Crippen LogP contribution >= 0.6 is 0 Å². The first-order valence-electron chi connectivity index (χ1n) is 4.63. The molecule has 0 saturated carbocycles. The van der Waals surface area contributed by atoms with Crippen LogP contribution in [0.2, 0.25) is 0 Å². The third-order valence-corrected chi connectivity index (χ3v) is 2.55. The molecule has 82 valence electrons. The van der Waals surface area contributed by atoms with Crippen molar-refractivity contribution in [3.63, 3.8) is 0 Å². The third kappa shape index (κ3) is 1.91. The Hall–Kier alpha value is -1.65. The summed E-state index contributed by atoms with van der Waals surface area (Å²) in [6.07, 6.45) is -0.224. The van der Waals surface area contributed by atoms with Crippen molar-refractivity contribution in [1.82, 2.24) is 4.90 Å². The van der Waals surface area contributed by atoms with Crippen molar-refractivity contribution in [3.05, 3.63) is 11.1 Å². The molecule has 0 saturated heterocycles. The summed E-state index contributed by atoms with van der Waals surface area (Å²) < 4.78 is 0. The van der Waals surface area contributed by atoms with E-state index in [9.17, 15) is 14.4 Å². The molecule has 2 amide bonds. The number of carboxylic acids is 1. The molecule has 1 unspecified atom stereocenters. The monoisotopic (exact) mass is 211 g/mol. The molecule has 1 heterocycles. The molecule has 1 rings (SSSR count). The van der Waals surface area contributed by atoms with Crippen molar-refractivity contribution in [2.24, 2.45) is 0 Å². The van der Waals surface area contributed by atoms with Gasteiger partial charge in [-0.15, -0.1) is 0 Å². The minimum Gasteiger partial charge on any atom is -0.481 e. The Bertz CT molecular complexity index is 346. The lowest BCUT2D eigenvalue weighted by Gasteiger charge is -2.21. The van der Waals surface area contributed by atoms with Crippen LogP contribution in [-0.4, -0.2) is 33.8 Å². The van der Waals surface area contributed by atoms with Gasteiger partial charge in [0.05, 0.1) is 6.42 Å². The normalized spacial score (nSPS) is 18.7. The Kier molecular flexibility index (Phi) is 2.93. The average molecular weight is 211 g/mol. The Morgan fingerprint density at radius 1 is 1.27 bits per heavy atom. The zero-order chi connectivity index (χ0) is 11.7. The maximum Gasteiger partial charge on any atom is 0.305 e. The highest BCUT2D eigenvalue weighted by Gasteiger charge is 2.36. The maximum atomic E-state index is 11.6. The van der Waals surface area contributed by atoms with Crippen LogP contribution in [0.5, 0.6) is 0 Å². The molecule has 0 aliphatic carbocycles. The maximum absolute atomic E-state index is 11.6. The minimum absolute atomic E-state index is 0.224. The van der Waals surface area contributed by atoms with Gasteiger partial charge in [0.1, 0.15) is 0 Å². The van der Waals surface area contributed by atoms with E-state index in [1.165, 1.54) is 0 Å². The predicted molar refractivity (Wildman–Crippen MR) is 51.9 cm³/mol. The molecule has 15 heavy (non-hydrogen) atoms. The van der Waals surface area contributed by atoms with Crippen molar-refractivity contribution in [1.29, 1.82) is 0 Å². The molecule has 1 atom stereocenters. The van der Waals surface area contributed by atoms with Crippen LogP contribution < -0.4 is 0 Å². The van der Waals surface area contributed by atoms with E-state index < -0.39 is 12.0 Å². The number of hydrogen-bond acceptors (Lipinski definition) is 3. The van der Waals surface area contributed by atoms with Gasteiger partial charge in [-0.05, 0) is 20.8 Å². The summed E-state index contributed by atoms with van der Waals surface area (Å²) in [6.45, 7) is 4.70. The van der Waals surface area contributed by atoms with Gasteiger partial charge in [-0.1, -0.05) is 0 Å². The third-order valence-electron chi connectivity index (χ3n) is 2.55. The van der Waals surface area contributed by atoms with Gasteiger partial charge in [-0.2, -0.15) is 0 Å². The average Bonchev–Trinajstić information content (AvgIpc) is 2.30. The zero-order valence-electron chi connectivity index (χ0n) is 8.90. The first-order chi connectivity index (χ1) is 6.86. The molecule has 5 heteroatoms. The fraction of sp³-hybridized carbons (Fsp3) is 0.500. The summed E-state index contributed by atoms with van der Waals surface area (Å²) in [7, 11) is 0. The van der Waals surface area contributed by atoms with Crippen molar-refractivity contribution in [2.75, 3.05) is 0 Å². The fourth-order valence-corrected chi connectivity index (χ4v) is 1.52. The highest BCUT2D eigenvalue weighted by atomic mass is 16.4. The van der Waals surface area contributed by atoms with Crippen LogP contribution in [0.4, 0.5) is 0 Å². The zero-order valence-corrected chi connectivity index (χ0v) is 8.90. The summed E-state index contributed by atoms with van der Waals surface area (Å²) in [5, 5.41) is 8.59. The highest BCUT2D eigenvalue weighted by Crippen LogP contribution is 2.22. The quantitative estimate of drug-likeness (QED) is 0.692. The van der Waals surface area contributed by atoms with E-state index in [1.54, 1.807) is 20.8 Å². The van der Waals surface area contributed by atoms with Gasteiger partial charge in [-0.3, -0.25) is 19.3 Å². The van der Waals surface area contributed by atoms with E-state index in [0.29, 0.717) is 11.1 Å². The number of carbonyl (C=O) groups excluding carboxylic acids is 2. The van der Waals surface area contributed by atoms with Gasteiger partial charge in [0.15, 0.2) is 0 Å². The molecule has 5 nitrogen and oxygen atoms in total. The van der Waals surface area contributed by atoms with Crippen molar-refractivity contribution in [2.45, 2.75) is 33.2 Å². The number of rotatable bonds is 3. The van der Waals surface area contributed by atoms with Gasteiger partial charge in [-0.25, -0.2) is 0 Å². The van der Waals surface area contributed by atoms with Crippen LogP contribution in [0.25, 0.3) is 0 Å². The second kappa shape index (κ2) is 3.84. The van der Waals surface area contributed by atoms with E-state index in [2.05, 4.69) is 0 Å². The SMILES string of the molecule is CC1=C(C)C(=O)N(C(C)CC(=O)O)C1=O. The Morgan fingerprint density at radius 2 is 1.67 bits per heavy atom. The van der Waals surface area contributed by atoms with Gasteiger partial charge in [0.2, 0.25) is 0 Å². The lowest BCUT2D eigenvalue weighted by atomic mass is 10.2. The fourth-order valence-electron chi connectivity index (χ4n) is 1.52. The summed E-state index contributed by atoms with van der Waals surface area (Å²) in [6, 6.07) is -0.602. The first-order valence-corrected chi connectivity index (χ1v) is 4.63. The lowest BCUT2D eigenvalue weighted by Crippen LogP contribution is -2.40. The van der Waals surface area contributed by atoms with Crippen LogP contribution in [0.1, 0.15) is 27.2 Å². The largest absolute Gasteiger partial charge is 0.481 e. The summed E-state index contributed by atoms with van der Waals surface area (Å²) in [5.74, 6) is -1.79. The number of imide groups is 1. The number of aliphatic carboxylic acids is 1. The van der Waals surface area contributed by atoms with Gasteiger partial charge < -0.3 is 5.11 Å². The number of hydrogen-bond donors (Lipinski definition) is 1. The van der Waals surface area contributed by atoms with Gasteiger partial charge in [0, 0.05) is 17.2 Å². The van der Waals surface area contributed by atoms with Gasteiger partial charge in [0.25, 0.3) is 11.8 Å². The van der Waals surface area contributed by atoms with E-state index in [-0.39, 0.29) is 18.2 Å².